The standard InChI is InChI=1S/C14H20FNO/c1-14(2)8-7-12(13(14)16-3)17-11-6-4-5-10(15)9-11/h4-6,9,12-13,16H,7-8H2,1-3H3. The van der Waals surface area contributed by atoms with Gasteiger partial charge in [-0.1, -0.05) is 19.9 Å². The summed E-state index contributed by atoms with van der Waals surface area (Å²) >= 11 is 0. The van der Waals surface area contributed by atoms with Crippen LogP contribution in [0, 0.1) is 11.2 Å². The third-order valence-electron chi connectivity index (χ3n) is 3.68. The van der Waals surface area contributed by atoms with Crippen molar-refractivity contribution in [2.45, 2.75) is 38.8 Å². The Bertz CT molecular complexity index is 392. The Labute approximate surface area is 102 Å². The highest BCUT2D eigenvalue weighted by molar-refractivity contribution is 5.23. The number of likely N-dealkylation sites (N-methyl/N-ethyl adjacent to an activating group) is 1. The molecule has 2 nitrogen and oxygen atoms in total. The Morgan fingerprint density at radius 3 is 2.82 bits per heavy atom. The molecule has 1 aromatic rings. The van der Waals surface area contributed by atoms with Crippen LogP contribution in [0.3, 0.4) is 0 Å². The quantitative estimate of drug-likeness (QED) is 0.872. The van der Waals surface area contributed by atoms with Crippen molar-refractivity contribution < 1.29 is 9.13 Å². The summed E-state index contributed by atoms with van der Waals surface area (Å²) in [5, 5.41) is 3.32. The predicted molar refractivity (Wildman–Crippen MR) is 66.7 cm³/mol. The van der Waals surface area contributed by atoms with Crippen LogP contribution in [0.4, 0.5) is 4.39 Å². The molecule has 2 unspecified atom stereocenters. The largest absolute Gasteiger partial charge is 0.489 e. The first kappa shape index (κ1) is 12.4. The first-order valence-corrected chi connectivity index (χ1v) is 6.12. The molecule has 3 heteroatoms. The van der Waals surface area contributed by atoms with E-state index in [1.807, 2.05) is 7.05 Å². The molecular weight excluding hydrogens is 217 g/mol. The number of benzene rings is 1. The molecule has 1 N–H and O–H groups in total. The molecule has 0 aromatic heterocycles. The van der Waals surface area contributed by atoms with E-state index in [0.29, 0.717) is 11.8 Å². The van der Waals surface area contributed by atoms with Gasteiger partial charge in [0.15, 0.2) is 0 Å². The van der Waals surface area contributed by atoms with Gasteiger partial charge in [-0.3, -0.25) is 0 Å². The van der Waals surface area contributed by atoms with Gasteiger partial charge in [-0.15, -0.1) is 0 Å². The third-order valence-corrected chi connectivity index (χ3v) is 3.68. The maximum Gasteiger partial charge on any atom is 0.126 e. The molecule has 1 aliphatic rings. The van der Waals surface area contributed by atoms with Crippen LogP contribution in [0.25, 0.3) is 0 Å². The van der Waals surface area contributed by atoms with E-state index >= 15 is 0 Å². The molecule has 2 rings (SSSR count). The average Bonchev–Trinajstić information content (AvgIpc) is 2.53. The van der Waals surface area contributed by atoms with E-state index in [1.54, 1.807) is 12.1 Å². The minimum atomic E-state index is -0.249. The van der Waals surface area contributed by atoms with Crippen LogP contribution >= 0.6 is 0 Å². The van der Waals surface area contributed by atoms with E-state index in [9.17, 15) is 4.39 Å². The molecule has 17 heavy (non-hydrogen) atoms. The lowest BCUT2D eigenvalue weighted by molar-refractivity contribution is 0.145. The van der Waals surface area contributed by atoms with Crippen LogP contribution in [0.5, 0.6) is 5.75 Å². The maximum atomic E-state index is 13.1. The van der Waals surface area contributed by atoms with Gasteiger partial charge in [-0.05, 0) is 37.4 Å². The second-order valence-electron chi connectivity index (χ2n) is 5.41. The Hall–Kier alpha value is -1.09. The fraction of sp³-hybridized carbons (Fsp3) is 0.571. The Morgan fingerprint density at radius 1 is 1.41 bits per heavy atom. The van der Waals surface area contributed by atoms with Gasteiger partial charge < -0.3 is 10.1 Å². The van der Waals surface area contributed by atoms with Crippen molar-refractivity contribution in [2.75, 3.05) is 7.05 Å². The van der Waals surface area contributed by atoms with Crippen molar-refractivity contribution in [2.24, 2.45) is 5.41 Å². The minimum Gasteiger partial charge on any atom is -0.489 e. The number of nitrogens with one attached hydrogen (secondary N) is 1. The van der Waals surface area contributed by atoms with Crippen LogP contribution in [0.15, 0.2) is 24.3 Å². The number of hydrogen-bond donors (Lipinski definition) is 1. The molecule has 0 saturated heterocycles. The first-order chi connectivity index (χ1) is 8.03. The van der Waals surface area contributed by atoms with Crippen molar-refractivity contribution in [1.82, 2.24) is 5.32 Å². The Morgan fingerprint density at radius 2 is 2.18 bits per heavy atom. The van der Waals surface area contributed by atoms with E-state index in [4.69, 9.17) is 4.74 Å². The summed E-state index contributed by atoms with van der Waals surface area (Å²) in [7, 11) is 1.96. The van der Waals surface area contributed by atoms with Gasteiger partial charge in [-0.2, -0.15) is 0 Å². The molecule has 0 heterocycles. The summed E-state index contributed by atoms with van der Waals surface area (Å²) in [6.07, 6.45) is 2.25. The first-order valence-electron chi connectivity index (χ1n) is 6.12. The monoisotopic (exact) mass is 237 g/mol. The normalized spacial score (nSPS) is 27.1. The molecule has 0 spiro atoms. The predicted octanol–water partition coefficient (Wildman–Crippen LogP) is 2.98. The SMILES string of the molecule is CNC1C(Oc2cccc(F)c2)CCC1(C)C. The van der Waals surface area contributed by atoms with Crippen molar-refractivity contribution in [1.29, 1.82) is 0 Å². The Balaban J connectivity index is 2.09. The fourth-order valence-corrected chi connectivity index (χ4v) is 2.76. The third kappa shape index (κ3) is 2.60. The molecule has 1 aromatic carbocycles. The topological polar surface area (TPSA) is 21.3 Å². The van der Waals surface area contributed by atoms with Gasteiger partial charge in [-0.25, -0.2) is 4.39 Å². The lowest BCUT2D eigenvalue weighted by atomic mass is 9.87. The molecule has 1 aliphatic carbocycles. The van der Waals surface area contributed by atoms with Gasteiger partial charge in [0, 0.05) is 12.1 Å². The number of rotatable bonds is 3. The highest BCUT2D eigenvalue weighted by Gasteiger charge is 2.42. The maximum absolute atomic E-state index is 13.1. The summed E-state index contributed by atoms with van der Waals surface area (Å²) in [6, 6.07) is 6.67. The van der Waals surface area contributed by atoms with E-state index in [0.717, 1.165) is 12.8 Å². The van der Waals surface area contributed by atoms with E-state index in [1.165, 1.54) is 12.1 Å². The molecule has 2 atom stereocenters. The molecule has 1 fully saturated rings. The van der Waals surface area contributed by atoms with Crippen molar-refractivity contribution >= 4 is 0 Å². The second kappa shape index (κ2) is 4.65. The zero-order valence-electron chi connectivity index (χ0n) is 10.7. The number of hydrogen-bond acceptors (Lipinski definition) is 2. The molecule has 1 saturated carbocycles. The molecule has 0 radical (unpaired) electrons. The van der Waals surface area contributed by atoms with Gasteiger partial charge >= 0.3 is 0 Å². The lowest BCUT2D eigenvalue weighted by Crippen LogP contribution is -2.44. The summed E-state index contributed by atoms with van der Waals surface area (Å²) in [5.41, 5.74) is 0.229. The van der Waals surface area contributed by atoms with Crippen molar-refractivity contribution in [3.05, 3.63) is 30.1 Å². The minimum absolute atomic E-state index is 0.122. The van der Waals surface area contributed by atoms with E-state index in [2.05, 4.69) is 19.2 Å². The zero-order valence-corrected chi connectivity index (χ0v) is 10.7. The molecule has 0 amide bonds. The highest BCUT2D eigenvalue weighted by Crippen LogP contribution is 2.39. The van der Waals surface area contributed by atoms with Crippen LogP contribution in [0.2, 0.25) is 0 Å². The summed E-state index contributed by atoms with van der Waals surface area (Å²) in [6.45, 7) is 4.48. The number of halogens is 1. The Kier molecular flexibility index (Phi) is 3.38. The van der Waals surface area contributed by atoms with Crippen LogP contribution in [-0.4, -0.2) is 19.2 Å². The molecule has 0 aliphatic heterocycles. The highest BCUT2D eigenvalue weighted by atomic mass is 19.1. The van der Waals surface area contributed by atoms with Gasteiger partial charge in [0.05, 0.1) is 0 Å². The van der Waals surface area contributed by atoms with E-state index < -0.39 is 0 Å². The molecule has 0 bridgehead atoms. The van der Waals surface area contributed by atoms with E-state index in [-0.39, 0.29) is 17.3 Å². The molecular formula is C14H20FNO. The summed E-state index contributed by atoms with van der Waals surface area (Å²) in [5.74, 6) is 0.369. The molecule has 94 valence electrons. The van der Waals surface area contributed by atoms with Gasteiger partial charge in [0.1, 0.15) is 17.7 Å². The summed E-state index contributed by atoms with van der Waals surface area (Å²) < 4.78 is 19.0. The lowest BCUT2D eigenvalue weighted by Gasteiger charge is -2.30. The number of ether oxygens (including phenoxy) is 1. The smallest absolute Gasteiger partial charge is 0.126 e. The van der Waals surface area contributed by atoms with Gasteiger partial charge in [0.25, 0.3) is 0 Å². The van der Waals surface area contributed by atoms with Crippen LogP contribution < -0.4 is 10.1 Å². The van der Waals surface area contributed by atoms with Crippen molar-refractivity contribution in [3.8, 4) is 5.75 Å². The summed E-state index contributed by atoms with van der Waals surface area (Å²) in [4.78, 5) is 0. The fourth-order valence-electron chi connectivity index (χ4n) is 2.76. The zero-order chi connectivity index (χ0) is 12.5. The van der Waals surface area contributed by atoms with Crippen LogP contribution in [0.1, 0.15) is 26.7 Å². The van der Waals surface area contributed by atoms with Crippen molar-refractivity contribution in [3.63, 3.8) is 0 Å². The second-order valence-corrected chi connectivity index (χ2v) is 5.41. The average molecular weight is 237 g/mol. The van der Waals surface area contributed by atoms with Crippen LogP contribution in [-0.2, 0) is 0 Å². The van der Waals surface area contributed by atoms with Gasteiger partial charge in [0.2, 0.25) is 0 Å².